The number of aliphatic hydroxyl groups excluding tert-OH is 1. The number of terminal acetylenes is 1. The predicted octanol–water partition coefficient (Wildman–Crippen LogP) is 2.06. The number of aliphatic hydroxyl groups is 1. The highest BCUT2D eigenvalue weighted by atomic mass is 16.5. The summed E-state index contributed by atoms with van der Waals surface area (Å²) in [5.74, 6) is 3.06. The van der Waals surface area contributed by atoms with Crippen molar-refractivity contribution in [2.45, 2.75) is 20.0 Å². The molecule has 1 aromatic rings. The van der Waals surface area contributed by atoms with Crippen LogP contribution in [0.5, 0.6) is 5.75 Å². The van der Waals surface area contributed by atoms with Gasteiger partial charge < -0.3 is 9.84 Å². The van der Waals surface area contributed by atoms with Gasteiger partial charge in [-0.25, -0.2) is 0 Å². The first-order valence-electron chi connectivity index (χ1n) is 4.50. The first-order chi connectivity index (χ1) is 6.65. The lowest BCUT2D eigenvalue weighted by Crippen LogP contribution is -2.00. The summed E-state index contributed by atoms with van der Waals surface area (Å²) in [7, 11) is 0. The summed E-state index contributed by atoms with van der Waals surface area (Å²) in [5.41, 5.74) is 1.85. The van der Waals surface area contributed by atoms with E-state index < -0.39 is 6.10 Å². The van der Waals surface area contributed by atoms with Crippen LogP contribution in [0.4, 0.5) is 0 Å². The second-order valence-electron chi connectivity index (χ2n) is 3.21. The van der Waals surface area contributed by atoms with Gasteiger partial charge in [-0.3, -0.25) is 0 Å². The molecule has 0 spiro atoms. The van der Waals surface area contributed by atoms with Crippen LogP contribution in [0.25, 0.3) is 0 Å². The third-order valence-electron chi connectivity index (χ3n) is 1.93. The molecule has 1 rings (SSSR count). The maximum Gasteiger partial charge on any atom is 0.148 e. The fraction of sp³-hybridized carbons (Fsp3) is 0.333. The van der Waals surface area contributed by atoms with E-state index in [1.54, 1.807) is 6.92 Å². The van der Waals surface area contributed by atoms with Crippen molar-refractivity contribution in [1.29, 1.82) is 0 Å². The molecule has 0 aliphatic heterocycles. The van der Waals surface area contributed by atoms with Gasteiger partial charge in [0.1, 0.15) is 12.4 Å². The quantitative estimate of drug-likeness (QED) is 0.739. The van der Waals surface area contributed by atoms with E-state index in [1.165, 1.54) is 0 Å². The second-order valence-corrected chi connectivity index (χ2v) is 3.21. The molecule has 2 heteroatoms. The predicted molar refractivity (Wildman–Crippen MR) is 56.1 cm³/mol. The summed E-state index contributed by atoms with van der Waals surface area (Å²) >= 11 is 0. The minimum atomic E-state index is -0.539. The van der Waals surface area contributed by atoms with Crippen molar-refractivity contribution in [1.82, 2.24) is 0 Å². The molecule has 1 aromatic carbocycles. The van der Waals surface area contributed by atoms with E-state index >= 15 is 0 Å². The van der Waals surface area contributed by atoms with Gasteiger partial charge in [0.25, 0.3) is 0 Å². The Hall–Kier alpha value is -1.46. The van der Waals surface area contributed by atoms with Crippen molar-refractivity contribution in [3.8, 4) is 18.1 Å². The molecule has 1 N–H and O–H groups in total. The van der Waals surface area contributed by atoms with Crippen LogP contribution >= 0.6 is 0 Å². The molecule has 0 bridgehead atoms. The van der Waals surface area contributed by atoms with Crippen molar-refractivity contribution in [3.05, 3.63) is 29.3 Å². The molecule has 1 atom stereocenters. The van der Waals surface area contributed by atoms with Crippen molar-refractivity contribution >= 4 is 0 Å². The molecule has 0 aromatic heterocycles. The maximum absolute atomic E-state index is 9.46. The molecule has 0 aliphatic carbocycles. The minimum absolute atomic E-state index is 0.225. The first kappa shape index (κ1) is 10.6. The van der Waals surface area contributed by atoms with Crippen molar-refractivity contribution < 1.29 is 9.84 Å². The summed E-state index contributed by atoms with van der Waals surface area (Å²) < 4.78 is 5.33. The van der Waals surface area contributed by atoms with Crippen LogP contribution < -0.4 is 4.74 Å². The summed E-state index contributed by atoms with van der Waals surface area (Å²) in [4.78, 5) is 0. The van der Waals surface area contributed by atoms with E-state index in [9.17, 15) is 5.11 Å². The highest BCUT2D eigenvalue weighted by Gasteiger charge is 2.08. The van der Waals surface area contributed by atoms with Gasteiger partial charge in [-0.2, -0.15) is 0 Å². The molecule has 0 fully saturated rings. The highest BCUT2D eigenvalue weighted by Crippen LogP contribution is 2.25. The molecule has 14 heavy (non-hydrogen) atoms. The molecule has 0 aliphatic rings. The molecule has 0 saturated carbocycles. The number of hydrogen-bond acceptors (Lipinski definition) is 2. The lowest BCUT2D eigenvalue weighted by Gasteiger charge is -2.12. The number of hydrogen-bond donors (Lipinski definition) is 1. The van der Waals surface area contributed by atoms with Crippen molar-refractivity contribution in [2.24, 2.45) is 0 Å². The molecule has 0 heterocycles. The monoisotopic (exact) mass is 190 g/mol. The van der Waals surface area contributed by atoms with Crippen LogP contribution in [0.1, 0.15) is 24.2 Å². The van der Waals surface area contributed by atoms with Gasteiger partial charge in [0.2, 0.25) is 0 Å². The van der Waals surface area contributed by atoms with E-state index in [-0.39, 0.29) is 6.61 Å². The summed E-state index contributed by atoms with van der Waals surface area (Å²) in [6.45, 7) is 3.89. The van der Waals surface area contributed by atoms with Crippen LogP contribution in [0.15, 0.2) is 18.2 Å². The van der Waals surface area contributed by atoms with Crippen LogP contribution in [0.3, 0.4) is 0 Å². The third kappa shape index (κ3) is 2.51. The SMILES string of the molecule is C#CCOc1cc(C)ccc1C(C)O. The van der Waals surface area contributed by atoms with E-state index in [0.717, 1.165) is 11.1 Å². The topological polar surface area (TPSA) is 29.5 Å². The van der Waals surface area contributed by atoms with Crippen molar-refractivity contribution in [2.75, 3.05) is 6.61 Å². The Kier molecular flexibility index (Phi) is 3.55. The molecule has 2 nitrogen and oxygen atoms in total. The number of ether oxygens (including phenoxy) is 1. The second kappa shape index (κ2) is 4.69. The zero-order valence-electron chi connectivity index (χ0n) is 8.45. The van der Waals surface area contributed by atoms with E-state index in [1.807, 2.05) is 25.1 Å². The van der Waals surface area contributed by atoms with Gasteiger partial charge in [-0.15, -0.1) is 6.42 Å². The van der Waals surface area contributed by atoms with E-state index in [0.29, 0.717) is 5.75 Å². The zero-order chi connectivity index (χ0) is 10.6. The fourth-order valence-corrected chi connectivity index (χ4v) is 1.23. The average molecular weight is 190 g/mol. The number of rotatable bonds is 3. The Bertz CT molecular complexity index is 348. The Labute approximate surface area is 84.5 Å². The van der Waals surface area contributed by atoms with Crippen LogP contribution in [0, 0.1) is 19.3 Å². The lowest BCUT2D eigenvalue weighted by atomic mass is 10.1. The van der Waals surface area contributed by atoms with Gasteiger partial charge in [0.15, 0.2) is 0 Å². The Balaban J connectivity index is 2.98. The van der Waals surface area contributed by atoms with Crippen molar-refractivity contribution in [3.63, 3.8) is 0 Å². The number of aryl methyl sites for hydroxylation is 1. The smallest absolute Gasteiger partial charge is 0.148 e. The van der Waals surface area contributed by atoms with Gasteiger partial charge >= 0.3 is 0 Å². The van der Waals surface area contributed by atoms with Gasteiger partial charge in [0, 0.05) is 5.56 Å². The molecule has 0 radical (unpaired) electrons. The van der Waals surface area contributed by atoms with E-state index in [2.05, 4.69) is 5.92 Å². The normalized spacial score (nSPS) is 11.9. The lowest BCUT2D eigenvalue weighted by molar-refractivity contribution is 0.193. The average Bonchev–Trinajstić information content (AvgIpc) is 2.14. The van der Waals surface area contributed by atoms with Crippen LogP contribution in [0.2, 0.25) is 0 Å². The summed E-state index contributed by atoms with van der Waals surface area (Å²) in [5, 5.41) is 9.46. The third-order valence-corrected chi connectivity index (χ3v) is 1.93. The largest absolute Gasteiger partial charge is 0.481 e. The Morgan fingerprint density at radius 2 is 2.29 bits per heavy atom. The zero-order valence-corrected chi connectivity index (χ0v) is 8.45. The standard InChI is InChI=1S/C12H14O2/c1-4-7-14-12-8-9(2)5-6-11(12)10(3)13/h1,5-6,8,10,13H,7H2,2-3H3. The van der Waals surface area contributed by atoms with Gasteiger partial charge in [-0.05, 0) is 25.5 Å². The van der Waals surface area contributed by atoms with Gasteiger partial charge in [-0.1, -0.05) is 18.1 Å². The van der Waals surface area contributed by atoms with Crippen LogP contribution in [-0.4, -0.2) is 11.7 Å². The highest BCUT2D eigenvalue weighted by molar-refractivity contribution is 5.38. The molecular weight excluding hydrogens is 176 g/mol. The molecule has 74 valence electrons. The molecule has 1 unspecified atom stereocenters. The van der Waals surface area contributed by atoms with Crippen LogP contribution in [-0.2, 0) is 0 Å². The fourth-order valence-electron chi connectivity index (χ4n) is 1.23. The Morgan fingerprint density at radius 3 is 2.86 bits per heavy atom. The molecule has 0 saturated heterocycles. The summed E-state index contributed by atoms with van der Waals surface area (Å²) in [6, 6.07) is 5.66. The van der Waals surface area contributed by atoms with Gasteiger partial charge in [0.05, 0.1) is 6.10 Å². The molecule has 0 amide bonds. The maximum atomic E-state index is 9.46. The Morgan fingerprint density at radius 1 is 1.57 bits per heavy atom. The van der Waals surface area contributed by atoms with E-state index in [4.69, 9.17) is 11.2 Å². The molecular formula is C12H14O2. The number of benzene rings is 1. The summed E-state index contributed by atoms with van der Waals surface area (Å²) in [6.07, 6.45) is 4.56. The first-order valence-corrected chi connectivity index (χ1v) is 4.50. The minimum Gasteiger partial charge on any atom is -0.481 e.